The van der Waals surface area contributed by atoms with Crippen molar-refractivity contribution >= 4 is 23.3 Å². The zero-order chi connectivity index (χ0) is 9.84. The zero-order valence-electron chi connectivity index (χ0n) is 6.70. The van der Waals surface area contributed by atoms with Crippen LogP contribution in [-0.2, 0) is 4.79 Å². The highest BCUT2D eigenvalue weighted by atomic mass is 35.5. The maximum absolute atomic E-state index is 10.3. The van der Waals surface area contributed by atoms with Gasteiger partial charge in [0.15, 0.2) is 0 Å². The molecule has 68 valence electrons. The SMILES string of the molecule is NC(=CC(=O)O)c1cccc(Cl)c1. The monoisotopic (exact) mass is 197 g/mol. The molecule has 0 fully saturated rings. The second kappa shape index (κ2) is 3.96. The van der Waals surface area contributed by atoms with Gasteiger partial charge in [0.05, 0.1) is 0 Å². The van der Waals surface area contributed by atoms with Crippen LogP contribution in [-0.4, -0.2) is 11.1 Å². The minimum absolute atomic E-state index is 0.190. The highest BCUT2D eigenvalue weighted by molar-refractivity contribution is 6.30. The zero-order valence-corrected chi connectivity index (χ0v) is 7.45. The maximum atomic E-state index is 10.3. The molecule has 0 aliphatic carbocycles. The minimum atomic E-state index is -1.07. The second-order valence-corrected chi connectivity index (χ2v) is 2.88. The Hall–Kier alpha value is -1.48. The Morgan fingerprint density at radius 1 is 1.54 bits per heavy atom. The molecule has 0 saturated carbocycles. The molecule has 0 aromatic heterocycles. The number of rotatable bonds is 2. The van der Waals surface area contributed by atoms with E-state index in [-0.39, 0.29) is 5.70 Å². The van der Waals surface area contributed by atoms with Gasteiger partial charge in [0.25, 0.3) is 0 Å². The molecule has 4 heteroatoms. The molecule has 0 radical (unpaired) electrons. The fourth-order valence-corrected chi connectivity index (χ4v) is 1.07. The van der Waals surface area contributed by atoms with Crippen molar-refractivity contribution in [2.45, 2.75) is 0 Å². The van der Waals surface area contributed by atoms with Gasteiger partial charge < -0.3 is 10.8 Å². The number of halogens is 1. The summed E-state index contributed by atoms with van der Waals surface area (Å²) in [6.45, 7) is 0. The molecule has 3 nitrogen and oxygen atoms in total. The molecule has 1 aromatic carbocycles. The maximum Gasteiger partial charge on any atom is 0.330 e. The average molecular weight is 198 g/mol. The van der Waals surface area contributed by atoms with E-state index < -0.39 is 5.97 Å². The molecule has 0 spiro atoms. The predicted octanol–water partition coefficient (Wildman–Crippen LogP) is 1.72. The number of hydrogen-bond acceptors (Lipinski definition) is 2. The van der Waals surface area contributed by atoms with Crippen LogP contribution in [0.15, 0.2) is 30.3 Å². The summed E-state index contributed by atoms with van der Waals surface area (Å²) < 4.78 is 0. The Morgan fingerprint density at radius 2 is 2.23 bits per heavy atom. The molecule has 0 unspecified atom stereocenters. The van der Waals surface area contributed by atoms with Crippen molar-refractivity contribution in [1.82, 2.24) is 0 Å². The number of hydrogen-bond donors (Lipinski definition) is 2. The molecule has 0 bridgehead atoms. The first-order valence-corrected chi connectivity index (χ1v) is 3.93. The Bertz CT molecular complexity index is 360. The van der Waals surface area contributed by atoms with Crippen LogP contribution in [0, 0.1) is 0 Å². The molecule has 1 rings (SSSR count). The van der Waals surface area contributed by atoms with Crippen molar-refractivity contribution < 1.29 is 9.90 Å². The van der Waals surface area contributed by atoms with Gasteiger partial charge in [-0.1, -0.05) is 23.7 Å². The van der Waals surface area contributed by atoms with Gasteiger partial charge in [0.1, 0.15) is 0 Å². The van der Waals surface area contributed by atoms with Crippen LogP contribution in [0.4, 0.5) is 0 Å². The topological polar surface area (TPSA) is 63.3 Å². The lowest BCUT2D eigenvalue weighted by Gasteiger charge is -1.99. The Balaban J connectivity index is 3.02. The summed E-state index contributed by atoms with van der Waals surface area (Å²) in [5.74, 6) is -1.07. The van der Waals surface area contributed by atoms with Gasteiger partial charge in [0.2, 0.25) is 0 Å². The van der Waals surface area contributed by atoms with Crippen molar-refractivity contribution in [3.63, 3.8) is 0 Å². The lowest BCUT2D eigenvalue weighted by molar-refractivity contribution is -0.131. The summed E-state index contributed by atoms with van der Waals surface area (Å²) in [7, 11) is 0. The first-order valence-electron chi connectivity index (χ1n) is 3.55. The van der Waals surface area contributed by atoms with E-state index in [1.54, 1.807) is 24.3 Å². The molecule has 0 aliphatic heterocycles. The number of aliphatic carboxylic acids is 1. The van der Waals surface area contributed by atoms with E-state index in [4.69, 9.17) is 22.4 Å². The smallest absolute Gasteiger partial charge is 0.330 e. The van der Waals surface area contributed by atoms with Crippen LogP contribution in [0.2, 0.25) is 5.02 Å². The Labute approximate surface area is 80.4 Å². The van der Waals surface area contributed by atoms with E-state index in [2.05, 4.69) is 0 Å². The standard InChI is InChI=1S/C9H8ClNO2/c10-7-3-1-2-6(4-7)8(11)5-9(12)13/h1-5H,11H2,(H,12,13). The van der Waals surface area contributed by atoms with E-state index in [0.717, 1.165) is 6.08 Å². The third-order valence-electron chi connectivity index (χ3n) is 1.44. The number of carbonyl (C=O) groups is 1. The van der Waals surface area contributed by atoms with E-state index in [1.807, 2.05) is 0 Å². The van der Waals surface area contributed by atoms with E-state index in [9.17, 15) is 4.79 Å². The van der Waals surface area contributed by atoms with Gasteiger partial charge in [-0.15, -0.1) is 0 Å². The van der Waals surface area contributed by atoms with Gasteiger partial charge in [-0.05, 0) is 17.7 Å². The minimum Gasteiger partial charge on any atom is -0.478 e. The van der Waals surface area contributed by atoms with Gasteiger partial charge in [-0.2, -0.15) is 0 Å². The quantitative estimate of drug-likeness (QED) is 0.710. The molecule has 0 heterocycles. The highest BCUT2D eigenvalue weighted by Gasteiger charge is 1.99. The second-order valence-electron chi connectivity index (χ2n) is 2.45. The third-order valence-corrected chi connectivity index (χ3v) is 1.67. The fourth-order valence-electron chi connectivity index (χ4n) is 0.884. The molecular weight excluding hydrogens is 190 g/mol. The molecule has 13 heavy (non-hydrogen) atoms. The van der Waals surface area contributed by atoms with Gasteiger partial charge in [0, 0.05) is 16.8 Å². The summed E-state index contributed by atoms with van der Waals surface area (Å²) in [5, 5.41) is 8.95. The summed E-state index contributed by atoms with van der Waals surface area (Å²) in [4.78, 5) is 10.3. The van der Waals surface area contributed by atoms with Crippen LogP contribution < -0.4 is 5.73 Å². The first-order chi connectivity index (χ1) is 6.09. The van der Waals surface area contributed by atoms with E-state index in [1.165, 1.54) is 0 Å². The van der Waals surface area contributed by atoms with Gasteiger partial charge in [-0.3, -0.25) is 0 Å². The number of nitrogens with two attached hydrogens (primary N) is 1. The van der Waals surface area contributed by atoms with Crippen LogP contribution >= 0.6 is 11.6 Å². The summed E-state index contributed by atoms with van der Waals surface area (Å²) >= 11 is 5.70. The van der Waals surface area contributed by atoms with Crippen LogP contribution in [0.5, 0.6) is 0 Å². The highest BCUT2D eigenvalue weighted by Crippen LogP contribution is 2.14. The molecule has 0 aliphatic rings. The third kappa shape index (κ3) is 2.80. The van der Waals surface area contributed by atoms with Crippen molar-refractivity contribution in [1.29, 1.82) is 0 Å². The number of carboxylic acids is 1. The van der Waals surface area contributed by atoms with Crippen molar-refractivity contribution in [3.8, 4) is 0 Å². The molecular formula is C9H8ClNO2. The first kappa shape index (κ1) is 9.61. The predicted molar refractivity (Wildman–Crippen MR) is 51.3 cm³/mol. The molecule has 0 saturated heterocycles. The molecule has 1 aromatic rings. The lowest BCUT2D eigenvalue weighted by Crippen LogP contribution is -2.00. The molecule has 0 atom stereocenters. The average Bonchev–Trinajstić information content (AvgIpc) is 2.03. The van der Waals surface area contributed by atoms with Crippen LogP contribution in [0.3, 0.4) is 0 Å². The summed E-state index contributed by atoms with van der Waals surface area (Å²) in [5.41, 5.74) is 6.28. The summed E-state index contributed by atoms with van der Waals surface area (Å²) in [6.07, 6.45) is 0.936. The fraction of sp³-hybridized carbons (Fsp3) is 0. The largest absolute Gasteiger partial charge is 0.478 e. The van der Waals surface area contributed by atoms with Gasteiger partial charge >= 0.3 is 5.97 Å². The Kier molecular flexibility index (Phi) is 2.93. The number of carboxylic acid groups (broad SMARTS) is 1. The van der Waals surface area contributed by atoms with Crippen LogP contribution in [0.1, 0.15) is 5.56 Å². The van der Waals surface area contributed by atoms with E-state index >= 15 is 0 Å². The number of benzene rings is 1. The van der Waals surface area contributed by atoms with Crippen molar-refractivity contribution in [3.05, 3.63) is 40.9 Å². The summed E-state index contributed by atoms with van der Waals surface area (Å²) in [6, 6.07) is 6.70. The van der Waals surface area contributed by atoms with Crippen molar-refractivity contribution in [2.24, 2.45) is 5.73 Å². The lowest BCUT2D eigenvalue weighted by atomic mass is 10.1. The Morgan fingerprint density at radius 3 is 2.77 bits per heavy atom. The molecule has 0 amide bonds. The van der Waals surface area contributed by atoms with Crippen molar-refractivity contribution in [2.75, 3.05) is 0 Å². The van der Waals surface area contributed by atoms with Crippen LogP contribution in [0.25, 0.3) is 5.70 Å². The van der Waals surface area contributed by atoms with E-state index in [0.29, 0.717) is 10.6 Å². The normalized spacial score (nSPS) is 11.3. The molecule has 3 N–H and O–H groups in total. The van der Waals surface area contributed by atoms with Gasteiger partial charge in [-0.25, -0.2) is 4.79 Å².